The van der Waals surface area contributed by atoms with Crippen LogP contribution in [0, 0.1) is 0 Å². The van der Waals surface area contributed by atoms with Gasteiger partial charge in [-0.15, -0.1) is 0 Å². The highest BCUT2D eigenvalue weighted by atomic mass is 16.5. The van der Waals surface area contributed by atoms with Crippen molar-refractivity contribution in [2.45, 2.75) is 18.9 Å². The highest BCUT2D eigenvalue weighted by Crippen LogP contribution is 2.29. The first-order valence-corrected chi connectivity index (χ1v) is 5.97. The van der Waals surface area contributed by atoms with E-state index in [2.05, 4.69) is 11.4 Å². The molecule has 0 aliphatic carbocycles. The molecule has 1 aliphatic heterocycles. The maximum Gasteiger partial charge on any atom is 0.223 e. The van der Waals surface area contributed by atoms with Gasteiger partial charge >= 0.3 is 0 Å². The highest BCUT2D eigenvalue weighted by Gasteiger charge is 2.22. The van der Waals surface area contributed by atoms with Gasteiger partial charge in [0, 0.05) is 13.1 Å². The van der Waals surface area contributed by atoms with Crippen LogP contribution in [0.25, 0.3) is 0 Å². The molecule has 1 atom stereocenters. The SMILES string of the molecule is NCCNC(=O)CC1OCCc2ccccc21. The number of amides is 1. The van der Waals surface area contributed by atoms with E-state index >= 15 is 0 Å². The first-order chi connectivity index (χ1) is 8.31. The summed E-state index contributed by atoms with van der Waals surface area (Å²) in [5.74, 6) is -0.00264. The summed E-state index contributed by atoms with van der Waals surface area (Å²) in [6.45, 7) is 1.67. The number of hydrogen-bond acceptors (Lipinski definition) is 3. The second-order valence-corrected chi connectivity index (χ2v) is 4.15. The van der Waals surface area contributed by atoms with Gasteiger partial charge in [-0.2, -0.15) is 0 Å². The Kier molecular flexibility index (Phi) is 4.12. The van der Waals surface area contributed by atoms with Gasteiger partial charge in [0.25, 0.3) is 0 Å². The number of ether oxygens (including phenoxy) is 1. The fraction of sp³-hybridized carbons (Fsp3) is 0.462. The minimum atomic E-state index is -0.113. The molecular formula is C13H18N2O2. The average Bonchev–Trinajstić information content (AvgIpc) is 2.37. The van der Waals surface area contributed by atoms with Crippen LogP contribution in [0.4, 0.5) is 0 Å². The molecule has 1 aromatic rings. The summed E-state index contributed by atoms with van der Waals surface area (Å²) in [6.07, 6.45) is 1.19. The summed E-state index contributed by atoms with van der Waals surface area (Å²) >= 11 is 0. The molecule has 1 aliphatic rings. The van der Waals surface area contributed by atoms with Crippen molar-refractivity contribution in [2.75, 3.05) is 19.7 Å². The average molecular weight is 234 g/mol. The molecule has 92 valence electrons. The normalized spacial score (nSPS) is 18.5. The number of nitrogens with two attached hydrogens (primary N) is 1. The van der Waals surface area contributed by atoms with Gasteiger partial charge in [-0.25, -0.2) is 0 Å². The molecule has 3 N–H and O–H groups in total. The van der Waals surface area contributed by atoms with E-state index < -0.39 is 0 Å². The molecule has 0 saturated carbocycles. The molecule has 0 bridgehead atoms. The molecule has 1 amide bonds. The van der Waals surface area contributed by atoms with Gasteiger partial charge in [0.05, 0.1) is 19.1 Å². The van der Waals surface area contributed by atoms with Crippen molar-refractivity contribution in [3.63, 3.8) is 0 Å². The summed E-state index contributed by atoms with van der Waals surface area (Å²) < 4.78 is 5.66. The molecule has 2 rings (SSSR count). The molecule has 0 saturated heterocycles. The topological polar surface area (TPSA) is 64.3 Å². The summed E-state index contributed by atoms with van der Waals surface area (Å²) in [5, 5.41) is 2.77. The Labute approximate surface area is 101 Å². The molecule has 0 fully saturated rings. The second-order valence-electron chi connectivity index (χ2n) is 4.15. The van der Waals surface area contributed by atoms with E-state index in [1.54, 1.807) is 0 Å². The Bertz CT molecular complexity index is 393. The summed E-state index contributed by atoms with van der Waals surface area (Å²) in [7, 11) is 0. The first kappa shape index (κ1) is 12.1. The number of carbonyl (C=O) groups excluding carboxylic acids is 1. The van der Waals surface area contributed by atoms with E-state index in [1.807, 2.05) is 18.2 Å². The third-order valence-electron chi connectivity index (χ3n) is 2.93. The lowest BCUT2D eigenvalue weighted by Crippen LogP contribution is -2.31. The molecule has 1 heterocycles. The van der Waals surface area contributed by atoms with Crippen LogP contribution in [-0.4, -0.2) is 25.6 Å². The zero-order valence-electron chi connectivity index (χ0n) is 9.82. The van der Waals surface area contributed by atoms with Crippen molar-refractivity contribution in [1.29, 1.82) is 0 Å². The van der Waals surface area contributed by atoms with Crippen LogP contribution in [-0.2, 0) is 16.0 Å². The summed E-state index contributed by atoms with van der Waals surface area (Å²) in [6, 6.07) is 8.14. The molecule has 0 spiro atoms. The van der Waals surface area contributed by atoms with Gasteiger partial charge in [0.1, 0.15) is 0 Å². The lowest BCUT2D eigenvalue weighted by Gasteiger charge is -2.25. The van der Waals surface area contributed by atoms with Crippen molar-refractivity contribution >= 4 is 5.91 Å². The molecule has 0 radical (unpaired) electrons. The second kappa shape index (κ2) is 5.80. The fourth-order valence-corrected chi connectivity index (χ4v) is 2.10. The third-order valence-corrected chi connectivity index (χ3v) is 2.93. The Morgan fingerprint density at radius 2 is 2.29 bits per heavy atom. The van der Waals surface area contributed by atoms with Gasteiger partial charge in [0.2, 0.25) is 5.91 Å². The van der Waals surface area contributed by atoms with Crippen molar-refractivity contribution in [3.05, 3.63) is 35.4 Å². The van der Waals surface area contributed by atoms with E-state index in [4.69, 9.17) is 10.5 Å². The van der Waals surface area contributed by atoms with Crippen molar-refractivity contribution in [2.24, 2.45) is 5.73 Å². The minimum Gasteiger partial charge on any atom is -0.373 e. The van der Waals surface area contributed by atoms with Crippen LogP contribution in [0.15, 0.2) is 24.3 Å². The standard InChI is InChI=1S/C13H18N2O2/c14-6-7-15-13(16)9-12-11-4-2-1-3-10(11)5-8-17-12/h1-4,12H,5-9,14H2,(H,15,16). The fourth-order valence-electron chi connectivity index (χ4n) is 2.10. The number of benzene rings is 1. The van der Waals surface area contributed by atoms with E-state index in [1.165, 1.54) is 5.56 Å². The van der Waals surface area contributed by atoms with Crippen LogP contribution in [0.5, 0.6) is 0 Å². The largest absolute Gasteiger partial charge is 0.373 e. The molecule has 4 nitrogen and oxygen atoms in total. The first-order valence-electron chi connectivity index (χ1n) is 5.97. The van der Waals surface area contributed by atoms with E-state index in [-0.39, 0.29) is 12.0 Å². The number of hydrogen-bond donors (Lipinski definition) is 2. The van der Waals surface area contributed by atoms with Gasteiger partial charge < -0.3 is 15.8 Å². The predicted molar refractivity (Wildman–Crippen MR) is 65.5 cm³/mol. The molecule has 17 heavy (non-hydrogen) atoms. The number of fused-ring (bicyclic) bond motifs is 1. The predicted octanol–water partition coefficient (Wildman–Crippen LogP) is 0.765. The summed E-state index contributed by atoms with van der Waals surface area (Å²) in [5.41, 5.74) is 7.77. The smallest absolute Gasteiger partial charge is 0.223 e. The lowest BCUT2D eigenvalue weighted by molar-refractivity contribution is -0.124. The Morgan fingerprint density at radius 1 is 1.47 bits per heavy atom. The monoisotopic (exact) mass is 234 g/mol. The number of nitrogens with one attached hydrogen (secondary N) is 1. The van der Waals surface area contributed by atoms with Gasteiger partial charge in [-0.05, 0) is 17.5 Å². The van der Waals surface area contributed by atoms with E-state index in [0.717, 1.165) is 12.0 Å². The number of rotatable bonds is 4. The molecule has 0 aromatic heterocycles. The van der Waals surface area contributed by atoms with E-state index in [9.17, 15) is 4.79 Å². The van der Waals surface area contributed by atoms with Crippen molar-refractivity contribution in [1.82, 2.24) is 5.32 Å². The Hall–Kier alpha value is -1.39. The lowest BCUT2D eigenvalue weighted by atomic mass is 9.96. The maximum atomic E-state index is 11.6. The zero-order chi connectivity index (χ0) is 12.1. The summed E-state index contributed by atoms with van der Waals surface area (Å²) in [4.78, 5) is 11.6. The third kappa shape index (κ3) is 3.05. The van der Waals surface area contributed by atoms with Gasteiger partial charge in [-0.3, -0.25) is 4.79 Å². The van der Waals surface area contributed by atoms with Crippen LogP contribution in [0.2, 0.25) is 0 Å². The maximum absolute atomic E-state index is 11.6. The van der Waals surface area contributed by atoms with Crippen LogP contribution >= 0.6 is 0 Å². The Balaban J connectivity index is 2.01. The molecule has 4 heteroatoms. The van der Waals surface area contributed by atoms with Crippen molar-refractivity contribution < 1.29 is 9.53 Å². The van der Waals surface area contributed by atoms with Crippen LogP contribution < -0.4 is 11.1 Å². The van der Waals surface area contributed by atoms with Gasteiger partial charge in [0.15, 0.2) is 0 Å². The highest BCUT2D eigenvalue weighted by molar-refractivity contribution is 5.76. The van der Waals surface area contributed by atoms with Crippen LogP contribution in [0.3, 0.4) is 0 Å². The van der Waals surface area contributed by atoms with Gasteiger partial charge in [-0.1, -0.05) is 24.3 Å². The number of carbonyl (C=O) groups is 1. The Morgan fingerprint density at radius 3 is 3.12 bits per heavy atom. The molecule has 1 unspecified atom stereocenters. The van der Waals surface area contributed by atoms with E-state index in [0.29, 0.717) is 26.1 Å². The minimum absolute atomic E-state index is 0.00264. The van der Waals surface area contributed by atoms with Crippen LogP contribution in [0.1, 0.15) is 23.7 Å². The zero-order valence-corrected chi connectivity index (χ0v) is 9.82. The quantitative estimate of drug-likeness (QED) is 0.808. The molecule has 1 aromatic carbocycles. The van der Waals surface area contributed by atoms with Crippen molar-refractivity contribution in [3.8, 4) is 0 Å². The molecular weight excluding hydrogens is 216 g/mol.